The molecule has 0 spiro atoms. The van der Waals surface area contributed by atoms with Crippen LogP contribution in [-0.4, -0.2) is 35.8 Å². The monoisotopic (exact) mass is 344 g/mol. The smallest absolute Gasteiger partial charge is 0.270 e. The van der Waals surface area contributed by atoms with Crippen LogP contribution in [0.1, 0.15) is 5.56 Å². The SMILES string of the molecule is COc1ccccc1NCC(=O)NN=Cc1cc([N+](=O)[O-])ccc1O. The fourth-order valence-corrected chi connectivity index (χ4v) is 1.94. The van der Waals surface area contributed by atoms with Gasteiger partial charge in [0.15, 0.2) is 0 Å². The lowest BCUT2D eigenvalue weighted by molar-refractivity contribution is -0.384. The van der Waals surface area contributed by atoms with Gasteiger partial charge in [-0.1, -0.05) is 12.1 Å². The number of amides is 1. The third-order valence-corrected chi connectivity index (χ3v) is 3.16. The number of non-ortho nitro benzene ring substituents is 1. The third kappa shape index (κ3) is 4.93. The summed E-state index contributed by atoms with van der Waals surface area (Å²) in [5.41, 5.74) is 2.84. The van der Waals surface area contributed by atoms with Gasteiger partial charge in [-0.2, -0.15) is 5.10 Å². The average molecular weight is 344 g/mol. The first-order valence-corrected chi connectivity index (χ1v) is 7.17. The zero-order valence-electron chi connectivity index (χ0n) is 13.3. The second kappa shape index (κ2) is 8.29. The zero-order valence-corrected chi connectivity index (χ0v) is 13.3. The van der Waals surface area contributed by atoms with Gasteiger partial charge in [0, 0.05) is 17.7 Å². The van der Waals surface area contributed by atoms with Gasteiger partial charge in [-0.15, -0.1) is 0 Å². The number of nitro benzene ring substituents is 1. The lowest BCUT2D eigenvalue weighted by Crippen LogP contribution is -2.26. The predicted molar refractivity (Wildman–Crippen MR) is 92.0 cm³/mol. The lowest BCUT2D eigenvalue weighted by Gasteiger charge is -2.09. The molecule has 0 unspecified atom stereocenters. The first-order valence-electron chi connectivity index (χ1n) is 7.17. The molecule has 0 fully saturated rings. The van der Waals surface area contributed by atoms with Crippen LogP contribution in [0.4, 0.5) is 11.4 Å². The molecule has 0 radical (unpaired) electrons. The Hall–Kier alpha value is -3.62. The highest BCUT2D eigenvalue weighted by atomic mass is 16.6. The number of carbonyl (C=O) groups excluding carboxylic acids is 1. The summed E-state index contributed by atoms with van der Waals surface area (Å²) in [6.45, 7) is -0.0569. The van der Waals surface area contributed by atoms with Gasteiger partial charge in [0.2, 0.25) is 0 Å². The van der Waals surface area contributed by atoms with Gasteiger partial charge in [0.1, 0.15) is 11.5 Å². The van der Waals surface area contributed by atoms with E-state index in [4.69, 9.17) is 4.74 Å². The molecule has 2 aromatic carbocycles. The van der Waals surface area contributed by atoms with Crippen molar-refractivity contribution in [3.63, 3.8) is 0 Å². The Morgan fingerprint density at radius 1 is 1.36 bits per heavy atom. The maximum absolute atomic E-state index is 11.8. The van der Waals surface area contributed by atoms with Gasteiger partial charge in [0.25, 0.3) is 11.6 Å². The summed E-state index contributed by atoms with van der Waals surface area (Å²) < 4.78 is 5.15. The number of aromatic hydroxyl groups is 1. The van der Waals surface area contributed by atoms with Crippen LogP contribution in [0.2, 0.25) is 0 Å². The highest BCUT2D eigenvalue weighted by Crippen LogP contribution is 2.22. The van der Waals surface area contributed by atoms with E-state index in [2.05, 4.69) is 15.8 Å². The number of nitrogens with one attached hydrogen (secondary N) is 2. The Kier molecular flexibility index (Phi) is 5.88. The molecule has 2 rings (SSSR count). The van der Waals surface area contributed by atoms with Gasteiger partial charge in [0.05, 0.1) is 30.5 Å². The summed E-state index contributed by atoms with van der Waals surface area (Å²) in [6, 6.07) is 10.6. The van der Waals surface area contributed by atoms with Gasteiger partial charge >= 0.3 is 0 Å². The Morgan fingerprint density at radius 2 is 2.12 bits per heavy atom. The topological polar surface area (TPSA) is 126 Å². The van der Waals surface area contributed by atoms with Gasteiger partial charge in [-0.25, -0.2) is 5.43 Å². The Balaban J connectivity index is 1.92. The summed E-state index contributed by atoms with van der Waals surface area (Å²) in [7, 11) is 1.52. The lowest BCUT2D eigenvalue weighted by atomic mass is 10.2. The Bertz CT molecular complexity index is 807. The van der Waals surface area contributed by atoms with Crippen molar-refractivity contribution in [1.29, 1.82) is 0 Å². The van der Waals surface area contributed by atoms with Gasteiger partial charge < -0.3 is 15.2 Å². The Morgan fingerprint density at radius 3 is 2.84 bits per heavy atom. The summed E-state index contributed by atoms with van der Waals surface area (Å²) in [5.74, 6) is -0.0249. The summed E-state index contributed by atoms with van der Waals surface area (Å²) >= 11 is 0. The molecule has 0 saturated carbocycles. The minimum Gasteiger partial charge on any atom is -0.507 e. The van der Waals surface area contributed by atoms with Crippen molar-refractivity contribution in [2.75, 3.05) is 19.0 Å². The normalized spacial score (nSPS) is 10.4. The molecule has 9 heteroatoms. The molecular formula is C16H16N4O5. The second-order valence-corrected chi connectivity index (χ2v) is 4.85. The van der Waals surface area contributed by atoms with Crippen molar-refractivity contribution in [1.82, 2.24) is 5.43 Å². The molecule has 0 aliphatic carbocycles. The fourth-order valence-electron chi connectivity index (χ4n) is 1.94. The number of carbonyl (C=O) groups is 1. The fraction of sp³-hybridized carbons (Fsp3) is 0.125. The van der Waals surface area contributed by atoms with Crippen LogP contribution in [0.3, 0.4) is 0 Å². The molecule has 0 atom stereocenters. The van der Waals surface area contributed by atoms with E-state index in [-0.39, 0.29) is 23.5 Å². The molecule has 0 saturated heterocycles. The molecule has 25 heavy (non-hydrogen) atoms. The van der Waals surface area contributed by atoms with Crippen LogP contribution in [0.25, 0.3) is 0 Å². The summed E-state index contributed by atoms with van der Waals surface area (Å²) in [6.07, 6.45) is 1.13. The number of hydrazone groups is 1. The summed E-state index contributed by atoms with van der Waals surface area (Å²) in [5, 5.41) is 26.9. The van der Waals surface area contributed by atoms with Crippen molar-refractivity contribution >= 4 is 23.5 Å². The Labute approximate surface area is 143 Å². The molecule has 0 bridgehead atoms. The van der Waals surface area contributed by atoms with Crippen molar-refractivity contribution in [3.05, 3.63) is 58.1 Å². The van der Waals surface area contributed by atoms with E-state index in [1.807, 2.05) is 0 Å². The van der Waals surface area contributed by atoms with Crippen LogP contribution in [0.5, 0.6) is 11.5 Å². The molecule has 2 aromatic rings. The number of nitrogens with zero attached hydrogens (tertiary/aromatic N) is 2. The molecule has 130 valence electrons. The van der Waals surface area contributed by atoms with Crippen molar-refractivity contribution in [2.24, 2.45) is 5.10 Å². The summed E-state index contributed by atoms with van der Waals surface area (Å²) in [4.78, 5) is 21.9. The number of nitro groups is 1. The number of phenolic OH excluding ortho intramolecular Hbond substituents is 1. The first kappa shape index (κ1) is 17.7. The van der Waals surface area contributed by atoms with Gasteiger partial charge in [-0.05, 0) is 18.2 Å². The molecule has 3 N–H and O–H groups in total. The van der Waals surface area contributed by atoms with Crippen molar-refractivity contribution in [3.8, 4) is 11.5 Å². The van der Waals surface area contributed by atoms with Crippen LogP contribution in [-0.2, 0) is 4.79 Å². The van der Waals surface area contributed by atoms with E-state index in [9.17, 15) is 20.0 Å². The first-order chi connectivity index (χ1) is 12.0. The average Bonchev–Trinajstić information content (AvgIpc) is 2.61. The van der Waals surface area contributed by atoms with Crippen molar-refractivity contribution < 1.29 is 19.6 Å². The molecule has 0 aromatic heterocycles. The van der Waals surface area contributed by atoms with E-state index in [1.165, 1.54) is 19.2 Å². The van der Waals surface area contributed by atoms with E-state index in [0.717, 1.165) is 12.3 Å². The molecule has 1 amide bonds. The number of anilines is 1. The molecule has 0 aliphatic heterocycles. The molecule has 0 aliphatic rings. The maximum Gasteiger partial charge on any atom is 0.270 e. The number of hydrogen-bond acceptors (Lipinski definition) is 7. The van der Waals surface area contributed by atoms with E-state index >= 15 is 0 Å². The largest absolute Gasteiger partial charge is 0.507 e. The van der Waals surface area contributed by atoms with E-state index < -0.39 is 10.8 Å². The van der Waals surface area contributed by atoms with Crippen LogP contribution in [0, 0.1) is 10.1 Å². The minimum absolute atomic E-state index is 0.0569. The maximum atomic E-state index is 11.8. The van der Waals surface area contributed by atoms with Crippen molar-refractivity contribution in [2.45, 2.75) is 0 Å². The number of rotatable bonds is 7. The predicted octanol–water partition coefficient (Wildman–Crippen LogP) is 1.87. The van der Waals surface area contributed by atoms with Crippen LogP contribution in [0.15, 0.2) is 47.6 Å². The number of hydrogen-bond donors (Lipinski definition) is 3. The van der Waals surface area contributed by atoms with Crippen LogP contribution < -0.4 is 15.5 Å². The van der Waals surface area contributed by atoms with E-state index in [0.29, 0.717) is 11.4 Å². The van der Waals surface area contributed by atoms with Crippen LogP contribution >= 0.6 is 0 Å². The minimum atomic E-state index is -0.591. The number of phenols is 1. The van der Waals surface area contributed by atoms with E-state index in [1.54, 1.807) is 24.3 Å². The standard InChI is InChI=1S/C16H16N4O5/c1-25-15-5-3-2-4-13(15)17-10-16(22)19-18-9-11-8-12(20(23)24)6-7-14(11)21/h2-9,17,21H,10H2,1H3,(H,19,22). The number of ether oxygens (including phenoxy) is 1. The third-order valence-electron chi connectivity index (χ3n) is 3.16. The number of benzene rings is 2. The molecular weight excluding hydrogens is 328 g/mol. The number of para-hydroxylation sites is 2. The molecule has 9 nitrogen and oxygen atoms in total. The molecule has 0 heterocycles. The van der Waals surface area contributed by atoms with Gasteiger partial charge in [-0.3, -0.25) is 14.9 Å². The highest BCUT2D eigenvalue weighted by Gasteiger charge is 2.09. The zero-order chi connectivity index (χ0) is 18.2. The number of methoxy groups -OCH3 is 1. The second-order valence-electron chi connectivity index (χ2n) is 4.85. The quantitative estimate of drug-likeness (QED) is 0.400. The highest BCUT2D eigenvalue weighted by molar-refractivity contribution is 5.87.